The first-order valence-electron chi connectivity index (χ1n) is 6.95. The van der Waals surface area contributed by atoms with E-state index in [1.165, 1.54) is 0 Å². The van der Waals surface area contributed by atoms with Crippen LogP contribution in [0, 0.1) is 0 Å². The number of carbonyl (C=O) groups is 2. The maximum Gasteiger partial charge on any atom is 0.251 e. The Balaban J connectivity index is 1.92. The fraction of sp³-hybridized carbons (Fsp3) is 0.250. The Hall–Kier alpha value is -2.27. The van der Waals surface area contributed by atoms with Crippen LogP contribution in [0.3, 0.4) is 0 Å². The van der Waals surface area contributed by atoms with Crippen molar-refractivity contribution in [3.05, 3.63) is 54.0 Å². The molecule has 2 N–H and O–H groups in total. The molecule has 116 valence electrons. The van der Waals surface area contributed by atoms with E-state index in [9.17, 15) is 9.59 Å². The van der Waals surface area contributed by atoms with E-state index >= 15 is 0 Å². The van der Waals surface area contributed by atoms with Crippen molar-refractivity contribution in [1.82, 2.24) is 5.32 Å². The molecular weight excluding hydrogens is 304 g/mol. The summed E-state index contributed by atoms with van der Waals surface area (Å²) in [5.74, 6) is 0.781. The smallest absolute Gasteiger partial charge is 0.251 e. The van der Waals surface area contributed by atoms with Gasteiger partial charge in [0.25, 0.3) is 5.91 Å². The zero-order valence-corrected chi connectivity index (χ0v) is 12.7. The lowest BCUT2D eigenvalue weighted by atomic mass is 10.2. The number of benzene rings is 1. The summed E-state index contributed by atoms with van der Waals surface area (Å²) < 4.78 is 5.15. The highest BCUT2D eigenvalue weighted by molar-refractivity contribution is 6.18. The number of anilines is 1. The molecule has 0 bridgehead atoms. The molecule has 0 aliphatic rings. The summed E-state index contributed by atoms with van der Waals surface area (Å²) in [6, 6.07) is 10.3. The van der Waals surface area contributed by atoms with E-state index in [2.05, 4.69) is 10.6 Å². The molecule has 6 heteroatoms. The van der Waals surface area contributed by atoms with Crippen LogP contribution in [0.15, 0.2) is 47.1 Å². The number of nitrogens with one attached hydrogen (secondary N) is 2. The molecule has 0 atom stereocenters. The van der Waals surface area contributed by atoms with E-state index in [1.54, 1.807) is 42.7 Å². The normalized spacial score (nSPS) is 10.2. The third-order valence-corrected chi connectivity index (χ3v) is 3.22. The van der Waals surface area contributed by atoms with E-state index in [1.807, 2.05) is 0 Å². The molecule has 0 unspecified atom stereocenters. The highest BCUT2D eigenvalue weighted by atomic mass is 35.5. The van der Waals surface area contributed by atoms with Crippen LogP contribution in [0.2, 0.25) is 0 Å². The van der Waals surface area contributed by atoms with Gasteiger partial charge in [-0.3, -0.25) is 9.59 Å². The molecule has 2 amide bonds. The van der Waals surface area contributed by atoms with Crippen LogP contribution in [0.25, 0.3) is 0 Å². The predicted octanol–water partition coefficient (Wildman–Crippen LogP) is 3.17. The standard InChI is InChI=1S/C16H17ClN2O3/c17-8-2-7-15(20)19-13-5-1-4-12(10-13)16(21)18-11-14-6-3-9-22-14/h1,3-6,9-10H,2,7-8,11H2,(H,18,21)(H,19,20). The fourth-order valence-electron chi connectivity index (χ4n) is 1.87. The molecular formula is C16H17ClN2O3. The maximum absolute atomic E-state index is 12.1. The second-order valence-corrected chi connectivity index (χ2v) is 5.06. The minimum absolute atomic E-state index is 0.117. The van der Waals surface area contributed by atoms with Gasteiger partial charge in [-0.05, 0) is 36.8 Å². The zero-order valence-electron chi connectivity index (χ0n) is 12.0. The molecule has 0 fully saturated rings. The Morgan fingerprint density at radius 2 is 2.05 bits per heavy atom. The predicted molar refractivity (Wildman–Crippen MR) is 84.9 cm³/mol. The van der Waals surface area contributed by atoms with Crippen LogP contribution in [0.1, 0.15) is 29.0 Å². The topological polar surface area (TPSA) is 71.3 Å². The summed E-state index contributed by atoms with van der Waals surface area (Å²) in [6.07, 6.45) is 2.54. The number of carbonyl (C=O) groups excluding carboxylic acids is 2. The molecule has 22 heavy (non-hydrogen) atoms. The van der Waals surface area contributed by atoms with Gasteiger partial charge in [0.2, 0.25) is 5.91 Å². The van der Waals surface area contributed by atoms with E-state index in [-0.39, 0.29) is 11.8 Å². The highest BCUT2D eigenvalue weighted by Crippen LogP contribution is 2.12. The van der Waals surface area contributed by atoms with Crippen LogP contribution in [0.4, 0.5) is 5.69 Å². The lowest BCUT2D eigenvalue weighted by molar-refractivity contribution is -0.116. The van der Waals surface area contributed by atoms with Crippen LogP contribution < -0.4 is 10.6 Å². The van der Waals surface area contributed by atoms with Crippen molar-refractivity contribution in [2.45, 2.75) is 19.4 Å². The van der Waals surface area contributed by atoms with Gasteiger partial charge in [0.1, 0.15) is 5.76 Å². The molecule has 0 aliphatic heterocycles. The summed E-state index contributed by atoms with van der Waals surface area (Å²) in [5.41, 5.74) is 1.06. The number of rotatable bonds is 7. The summed E-state index contributed by atoms with van der Waals surface area (Å²) >= 11 is 5.55. The van der Waals surface area contributed by atoms with Gasteiger partial charge in [0, 0.05) is 23.6 Å². The van der Waals surface area contributed by atoms with Crippen molar-refractivity contribution in [3.63, 3.8) is 0 Å². The third kappa shape index (κ3) is 4.93. The van der Waals surface area contributed by atoms with Crippen molar-refractivity contribution in [2.24, 2.45) is 0 Å². The van der Waals surface area contributed by atoms with Crippen LogP contribution in [-0.2, 0) is 11.3 Å². The fourth-order valence-corrected chi connectivity index (χ4v) is 2.01. The van der Waals surface area contributed by atoms with Gasteiger partial charge in [-0.15, -0.1) is 11.6 Å². The quantitative estimate of drug-likeness (QED) is 0.770. The monoisotopic (exact) mass is 320 g/mol. The summed E-state index contributed by atoms with van der Waals surface area (Å²) in [5, 5.41) is 5.50. The second-order valence-electron chi connectivity index (χ2n) is 4.68. The van der Waals surface area contributed by atoms with Gasteiger partial charge in [0.05, 0.1) is 12.8 Å². The number of hydrogen-bond donors (Lipinski definition) is 2. The minimum Gasteiger partial charge on any atom is -0.467 e. The maximum atomic E-state index is 12.1. The summed E-state index contributed by atoms with van der Waals surface area (Å²) in [7, 11) is 0. The molecule has 0 radical (unpaired) electrons. The lowest BCUT2D eigenvalue weighted by Crippen LogP contribution is -2.22. The first-order chi connectivity index (χ1) is 10.7. The van der Waals surface area contributed by atoms with Crippen molar-refractivity contribution >= 4 is 29.1 Å². The van der Waals surface area contributed by atoms with Gasteiger partial charge < -0.3 is 15.1 Å². The Morgan fingerprint density at radius 1 is 1.18 bits per heavy atom. The van der Waals surface area contributed by atoms with Gasteiger partial charge >= 0.3 is 0 Å². The van der Waals surface area contributed by atoms with Gasteiger partial charge in [-0.1, -0.05) is 6.07 Å². The Morgan fingerprint density at radius 3 is 2.77 bits per heavy atom. The first kappa shape index (κ1) is 16.1. The Labute approximate surface area is 133 Å². The molecule has 1 aromatic heterocycles. The van der Waals surface area contributed by atoms with Gasteiger partial charge in [-0.25, -0.2) is 0 Å². The van der Waals surface area contributed by atoms with E-state index < -0.39 is 0 Å². The number of alkyl halides is 1. The minimum atomic E-state index is -0.228. The van der Waals surface area contributed by atoms with Gasteiger partial charge in [-0.2, -0.15) is 0 Å². The van der Waals surface area contributed by atoms with Gasteiger partial charge in [0.15, 0.2) is 0 Å². The number of hydrogen-bond acceptors (Lipinski definition) is 3. The molecule has 1 aromatic carbocycles. The third-order valence-electron chi connectivity index (χ3n) is 2.95. The second kappa shape index (κ2) is 8.24. The largest absolute Gasteiger partial charge is 0.467 e. The molecule has 2 rings (SSSR count). The molecule has 2 aromatic rings. The average molecular weight is 321 g/mol. The number of halogens is 1. The lowest BCUT2D eigenvalue weighted by Gasteiger charge is -2.07. The average Bonchev–Trinajstić information content (AvgIpc) is 3.04. The summed E-state index contributed by atoms with van der Waals surface area (Å²) in [4.78, 5) is 23.7. The highest BCUT2D eigenvalue weighted by Gasteiger charge is 2.08. The van der Waals surface area contributed by atoms with E-state index in [4.69, 9.17) is 16.0 Å². The molecule has 0 saturated carbocycles. The van der Waals surface area contributed by atoms with Crippen molar-refractivity contribution in [1.29, 1.82) is 0 Å². The molecule has 0 aliphatic carbocycles. The number of amides is 2. The molecule has 0 spiro atoms. The first-order valence-corrected chi connectivity index (χ1v) is 7.49. The van der Waals surface area contributed by atoms with Crippen LogP contribution >= 0.6 is 11.6 Å². The molecule has 1 heterocycles. The van der Waals surface area contributed by atoms with Crippen molar-refractivity contribution < 1.29 is 14.0 Å². The molecule has 0 saturated heterocycles. The van der Waals surface area contributed by atoms with Crippen LogP contribution in [-0.4, -0.2) is 17.7 Å². The van der Waals surface area contributed by atoms with Crippen molar-refractivity contribution in [2.75, 3.05) is 11.2 Å². The summed E-state index contributed by atoms with van der Waals surface area (Å²) in [6.45, 7) is 0.318. The SMILES string of the molecule is O=C(CCCCl)Nc1cccc(C(=O)NCc2ccco2)c1. The Kier molecular flexibility index (Phi) is 6.03. The van der Waals surface area contributed by atoms with E-state index in [0.717, 1.165) is 0 Å². The molecule has 5 nitrogen and oxygen atoms in total. The van der Waals surface area contributed by atoms with E-state index in [0.29, 0.717) is 42.3 Å². The zero-order chi connectivity index (χ0) is 15.8. The van der Waals surface area contributed by atoms with Crippen LogP contribution in [0.5, 0.6) is 0 Å². The number of furan rings is 1. The Bertz CT molecular complexity index is 626. The van der Waals surface area contributed by atoms with Crippen molar-refractivity contribution in [3.8, 4) is 0 Å².